The van der Waals surface area contributed by atoms with Gasteiger partial charge in [0.2, 0.25) is 11.8 Å². The first kappa shape index (κ1) is 20.6. The Morgan fingerprint density at radius 1 is 1.10 bits per heavy atom. The summed E-state index contributed by atoms with van der Waals surface area (Å²) in [4.78, 5) is 27.6. The van der Waals surface area contributed by atoms with E-state index in [0.717, 1.165) is 36.1 Å². The zero-order valence-electron chi connectivity index (χ0n) is 17.1. The molecule has 1 unspecified atom stereocenters. The predicted molar refractivity (Wildman–Crippen MR) is 118 cm³/mol. The Hall–Kier alpha value is -2.66. The average molecular weight is 424 g/mol. The minimum absolute atomic E-state index is 0.0276. The topological polar surface area (TPSA) is 53.0 Å². The molecule has 1 fully saturated rings. The molecule has 1 heterocycles. The number of carbonyl (C=O) groups is 2. The molecular weight excluding hydrogens is 398 g/mol. The van der Waals surface area contributed by atoms with Crippen molar-refractivity contribution in [3.05, 3.63) is 70.7 Å². The molecule has 1 atom stereocenters. The van der Waals surface area contributed by atoms with Crippen LogP contribution in [0, 0.1) is 0 Å². The van der Waals surface area contributed by atoms with E-state index in [1.165, 1.54) is 5.01 Å². The monoisotopic (exact) mass is 423 g/mol. The summed E-state index contributed by atoms with van der Waals surface area (Å²) in [6.07, 6.45) is 3.18. The Balaban J connectivity index is 1.36. The van der Waals surface area contributed by atoms with Gasteiger partial charge in [0.05, 0.1) is 18.3 Å². The van der Waals surface area contributed by atoms with Crippen LogP contribution in [-0.4, -0.2) is 40.0 Å². The van der Waals surface area contributed by atoms with Gasteiger partial charge in [-0.1, -0.05) is 54.1 Å². The number of hydrogen-bond acceptors (Lipinski definition) is 3. The highest BCUT2D eigenvalue weighted by Gasteiger charge is 2.36. The molecule has 1 aliphatic carbocycles. The fourth-order valence-corrected chi connectivity index (χ4v) is 4.06. The molecule has 30 heavy (non-hydrogen) atoms. The van der Waals surface area contributed by atoms with Crippen molar-refractivity contribution in [1.82, 2.24) is 9.91 Å². The van der Waals surface area contributed by atoms with Crippen LogP contribution >= 0.6 is 11.6 Å². The molecule has 4 rings (SSSR count). The molecule has 2 aromatic rings. The van der Waals surface area contributed by atoms with Gasteiger partial charge in [-0.2, -0.15) is 5.10 Å². The highest BCUT2D eigenvalue weighted by molar-refractivity contribution is 6.30. The van der Waals surface area contributed by atoms with Crippen LogP contribution in [0.3, 0.4) is 0 Å². The van der Waals surface area contributed by atoms with Crippen LogP contribution in [0.25, 0.3) is 0 Å². The molecule has 0 radical (unpaired) electrons. The Morgan fingerprint density at radius 3 is 2.47 bits per heavy atom. The van der Waals surface area contributed by atoms with Gasteiger partial charge in [0.25, 0.3) is 0 Å². The average Bonchev–Trinajstić information content (AvgIpc) is 3.47. The molecule has 0 saturated heterocycles. The van der Waals surface area contributed by atoms with Gasteiger partial charge in [0.1, 0.15) is 0 Å². The number of hydrazone groups is 1. The number of nitrogens with zero attached hydrogens (tertiary/aromatic N) is 3. The summed E-state index contributed by atoms with van der Waals surface area (Å²) >= 11 is 6.00. The molecule has 1 aliphatic heterocycles. The third-order valence-electron chi connectivity index (χ3n) is 5.75. The molecule has 156 valence electrons. The number of rotatable bonds is 7. The second kappa shape index (κ2) is 9.00. The van der Waals surface area contributed by atoms with Gasteiger partial charge in [-0.15, -0.1) is 0 Å². The van der Waals surface area contributed by atoms with Crippen molar-refractivity contribution < 1.29 is 9.59 Å². The minimum atomic E-state index is -0.0934. The number of hydrogen-bond donors (Lipinski definition) is 0. The lowest BCUT2D eigenvalue weighted by Crippen LogP contribution is -2.36. The van der Waals surface area contributed by atoms with Gasteiger partial charge in [-0.3, -0.25) is 9.59 Å². The van der Waals surface area contributed by atoms with E-state index in [-0.39, 0.29) is 36.7 Å². The largest absolute Gasteiger partial charge is 0.333 e. The van der Waals surface area contributed by atoms with Crippen molar-refractivity contribution in [1.29, 1.82) is 0 Å². The summed E-state index contributed by atoms with van der Waals surface area (Å²) in [6, 6.07) is 17.8. The number of amides is 2. The Labute approximate surface area is 182 Å². The Bertz CT molecular complexity index is 939. The Kier molecular flexibility index (Phi) is 6.18. The second-order valence-electron chi connectivity index (χ2n) is 7.94. The van der Waals surface area contributed by atoms with Crippen LogP contribution in [0.15, 0.2) is 59.7 Å². The first-order valence-corrected chi connectivity index (χ1v) is 10.9. The van der Waals surface area contributed by atoms with Gasteiger partial charge in [0, 0.05) is 30.3 Å². The lowest BCUT2D eigenvalue weighted by atomic mass is 10.1. The fraction of sp³-hybridized carbons (Fsp3) is 0.375. The van der Waals surface area contributed by atoms with Crippen molar-refractivity contribution in [2.75, 3.05) is 6.54 Å². The standard InChI is InChI=1S/C24H26ClN3O2/c1-17(18-7-9-20(25)10-8-18)28(21-11-12-21)24(30)14-13-23(29)27-16-15-22(26-27)19-5-3-2-4-6-19/h2-10,17,21H,11-16H2,1H3. The first-order valence-electron chi connectivity index (χ1n) is 10.5. The Morgan fingerprint density at radius 2 is 1.80 bits per heavy atom. The highest BCUT2D eigenvalue weighted by Crippen LogP contribution is 2.35. The molecule has 0 N–H and O–H groups in total. The maximum atomic E-state index is 13.0. The SMILES string of the molecule is CC(c1ccc(Cl)cc1)N(C(=O)CCC(=O)N1CCC(c2ccccc2)=N1)C1CC1. The third-order valence-corrected chi connectivity index (χ3v) is 6.00. The van der Waals surface area contributed by atoms with E-state index in [2.05, 4.69) is 5.10 Å². The molecule has 1 saturated carbocycles. The fourth-order valence-electron chi connectivity index (χ4n) is 3.93. The predicted octanol–water partition coefficient (Wildman–Crippen LogP) is 4.81. The molecule has 0 bridgehead atoms. The smallest absolute Gasteiger partial charge is 0.243 e. The van der Waals surface area contributed by atoms with E-state index < -0.39 is 0 Å². The second-order valence-corrected chi connectivity index (χ2v) is 8.38. The van der Waals surface area contributed by atoms with Crippen LogP contribution in [-0.2, 0) is 9.59 Å². The molecule has 0 aromatic heterocycles. The molecule has 6 heteroatoms. The molecule has 2 aliphatic rings. The number of halogens is 1. The van der Waals surface area contributed by atoms with Gasteiger partial charge >= 0.3 is 0 Å². The molecule has 2 aromatic carbocycles. The normalized spacial score (nSPS) is 16.9. The van der Waals surface area contributed by atoms with Gasteiger partial charge < -0.3 is 4.90 Å². The van der Waals surface area contributed by atoms with Crippen LogP contribution in [0.4, 0.5) is 0 Å². The van der Waals surface area contributed by atoms with Crippen molar-refractivity contribution >= 4 is 29.1 Å². The van der Waals surface area contributed by atoms with Crippen LogP contribution < -0.4 is 0 Å². The molecule has 2 amide bonds. The van der Waals surface area contributed by atoms with E-state index in [0.29, 0.717) is 11.6 Å². The van der Waals surface area contributed by atoms with Gasteiger partial charge in [-0.25, -0.2) is 5.01 Å². The zero-order chi connectivity index (χ0) is 21.1. The van der Waals surface area contributed by atoms with E-state index >= 15 is 0 Å². The summed E-state index contributed by atoms with van der Waals surface area (Å²) < 4.78 is 0. The number of benzene rings is 2. The summed E-state index contributed by atoms with van der Waals surface area (Å²) in [5.74, 6) is -0.0658. The van der Waals surface area contributed by atoms with Crippen molar-refractivity contribution in [3.8, 4) is 0 Å². The highest BCUT2D eigenvalue weighted by atomic mass is 35.5. The third kappa shape index (κ3) is 4.73. The van der Waals surface area contributed by atoms with Crippen LogP contribution in [0.1, 0.15) is 56.2 Å². The zero-order valence-corrected chi connectivity index (χ0v) is 17.9. The molecular formula is C24H26ClN3O2. The van der Waals surface area contributed by atoms with E-state index in [4.69, 9.17) is 11.6 Å². The maximum absolute atomic E-state index is 13.0. The van der Waals surface area contributed by atoms with Crippen molar-refractivity contribution in [2.24, 2.45) is 5.10 Å². The summed E-state index contributed by atoms with van der Waals surface area (Å²) in [6.45, 7) is 2.61. The lowest BCUT2D eigenvalue weighted by molar-refractivity contribution is -0.138. The maximum Gasteiger partial charge on any atom is 0.243 e. The number of carbonyl (C=O) groups excluding carboxylic acids is 2. The van der Waals surface area contributed by atoms with E-state index in [1.807, 2.05) is 66.4 Å². The van der Waals surface area contributed by atoms with Crippen molar-refractivity contribution in [2.45, 2.75) is 51.1 Å². The minimum Gasteiger partial charge on any atom is -0.333 e. The van der Waals surface area contributed by atoms with E-state index in [1.54, 1.807) is 0 Å². The molecule has 5 nitrogen and oxygen atoms in total. The summed E-state index contributed by atoms with van der Waals surface area (Å²) in [7, 11) is 0. The summed E-state index contributed by atoms with van der Waals surface area (Å²) in [5, 5.41) is 6.68. The van der Waals surface area contributed by atoms with Gasteiger partial charge in [-0.05, 0) is 43.0 Å². The van der Waals surface area contributed by atoms with E-state index in [9.17, 15) is 9.59 Å². The first-order chi connectivity index (χ1) is 14.5. The summed E-state index contributed by atoms with van der Waals surface area (Å²) in [5.41, 5.74) is 3.02. The lowest BCUT2D eigenvalue weighted by Gasteiger charge is -2.30. The quantitative estimate of drug-likeness (QED) is 0.641. The van der Waals surface area contributed by atoms with Crippen LogP contribution in [0.5, 0.6) is 0 Å². The molecule has 0 spiro atoms. The van der Waals surface area contributed by atoms with Crippen molar-refractivity contribution in [3.63, 3.8) is 0 Å². The van der Waals surface area contributed by atoms with Crippen LogP contribution in [0.2, 0.25) is 5.02 Å². The van der Waals surface area contributed by atoms with Gasteiger partial charge in [0.15, 0.2) is 0 Å².